The van der Waals surface area contributed by atoms with Crippen LogP contribution in [0.5, 0.6) is 11.5 Å². The smallest absolute Gasteiger partial charge is 0.251 e. The van der Waals surface area contributed by atoms with Crippen LogP contribution in [0.4, 0.5) is 0 Å². The Hall–Kier alpha value is -1.46. The van der Waals surface area contributed by atoms with Gasteiger partial charge in [0.15, 0.2) is 11.5 Å². The van der Waals surface area contributed by atoms with Gasteiger partial charge in [-0.15, -0.1) is 12.4 Å². The Labute approximate surface area is 149 Å². The molecule has 1 saturated carbocycles. The van der Waals surface area contributed by atoms with Crippen molar-refractivity contribution in [1.82, 2.24) is 10.6 Å². The highest BCUT2D eigenvalue weighted by Gasteiger charge is 2.20. The van der Waals surface area contributed by atoms with Gasteiger partial charge in [-0.3, -0.25) is 4.79 Å². The molecule has 2 N–H and O–H groups in total. The molecule has 24 heavy (non-hydrogen) atoms. The Morgan fingerprint density at radius 1 is 1.17 bits per heavy atom. The summed E-state index contributed by atoms with van der Waals surface area (Å²) in [5.74, 6) is 1.31. The summed E-state index contributed by atoms with van der Waals surface area (Å²) in [6.45, 7) is 1.87. The number of halogens is 1. The number of hydrogen-bond donors (Lipinski definition) is 2. The van der Waals surface area contributed by atoms with Gasteiger partial charge < -0.3 is 20.1 Å². The van der Waals surface area contributed by atoms with E-state index in [0.29, 0.717) is 11.3 Å². The lowest BCUT2D eigenvalue weighted by atomic mass is 10.1. The normalized spacial score (nSPS) is 21.0. The van der Waals surface area contributed by atoms with Crippen LogP contribution in [0.2, 0.25) is 0 Å². The molecule has 6 heteroatoms. The van der Waals surface area contributed by atoms with Crippen LogP contribution in [0.1, 0.15) is 48.9 Å². The number of ether oxygens (including phenoxy) is 2. The van der Waals surface area contributed by atoms with Gasteiger partial charge in [-0.05, 0) is 63.3 Å². The van der Waals surface area contributed by atoms with Crippen LogP contribution >= 0.6 is 12.4 Å². The zero-order valence-corrected chi connectivity index (χ0v) is 15.0. The Bertz CT molecular complexity index is 541. The molecule has 0 aromatic heterocycles. The molecule has 5 nitrogen and oxygen atoms in total. The molecule has 1 unspecified atom stereocenters. The minimum Gasteiger partial charge on any atom is -0.493 e. The molecule has 1 amide bonds. The number of benzene rings is 1. The van der Waals surface area contributed by atoms with Crippen molar-refractivity contribution in [1.29, 1.82) is 0 Å². The van der Waals surface area contributed by atoms with Gasteiger partial charge in [0.25, 0.3) is 5.91 Å². The van der Waals surface area contributed by atoms with Crippen LogP contribution in [0, 0.1) is 0 Å². The number of hydrogen-bond acceptors (Lipinski definition) is 4. The van der Waals surface area contributed by atoms with E-state index in [9.17, 15) is 4.79 Å². The molecule has 3 rings (SSSR count). The van der Waals surface area contributed by atoms with Crippen molar-refractivity contribution >= 4 is 18.3 Å². The molecular formula is C18H27ClN2O3. The van der Waals surface area contributed by atoms with Crippen molar-refractivity contribution in [2.24, 2.45) is 0 Å². The van der Waals surface area contributed by atoms with E-state index in [1.807, 2.05) is 12.1 Å². The molecule has 0 radical (unpaired) electrons. The maximum atomic E-state index is 12.4. The largest absolute Gasteiger partial charge is 0.493 e. The SMILES string of the molecule is COc1cc(C(=O)NC2CCCNC2)ccc1OC1CCCC1.Cl. The number of amides is 1. The first-order chi connectivity index (χ1) is 11.3. The average Bonchev–Trinajstić information content (AvgIpc) is 3.09. The monoisotopic (exact) mass is 354 g/mol. The first kappa shape index (κ1) is 18.9. The Balaban J connectivity index is 0.00000208. The zero-order chi connectivity index (χ0) is 16.1. The number of rotatable bonds is 5. The van der Waals surface area contributed by atoms with Gasteiger partial charge in [0.2, 0.25) is 0 Å². The number of piperidine rings is 1. The highest BCUT2D eigenvalue weighted by atomic mass is 35.5. The fourth-order valence-electron chi connectivity index (χ4n) is 3.34. The minimum absolute atomic E-state index is 0. The van der Waals surface area contributed by atoms with E-state index in [0.717, 1.165) is 44.5 Å². The molecule has 1 heterocycles. The fraction of sp³-hybridized carbons (Fsp3) is 0.611. The summed E-state index contributed by atoms with van der Waals surface area (Å²) in [7, 11) is 1.61. The summed E-state index contributed by atoms with van der Waals surface area (Å²) >= 11 is 0. The van der Waals surface area contributed by atoms with Crippen molar-refractivity contribution in [3.8, 4) is 11.5 Å². The summed E-state index contributed by atoms with van der Waals surface area (Å²) in [6, 6.07) is 5.65. The third kappa shape index (κ3) is 4.77. The van der Waals surface area contributed by atoms with Crippen molar-refractivity contribution in [3.05, 3.63) is 23.8 Å². The van der Waals surface area contributed by atoms with Crippen molar-refractivity contribution in [3.63, 3.8) is 0 Å². The van der Waals surface area contributed by atoms with Gasteiger partial charge in [0.1, 0.15) is 0 Å². The maximum absolute atomic E-state index is 12.4. The van der Waals surface area contributed by atoms with Crippen molar-refractivity contribution in [2.75, 3.05) is 20.2 Å². The Kier molecular flexibility index (Phi) is 7.18. The molecule has 1 aliphatic heterocycles. The molecule has 2 fully saturated rings. The molecule has 1 atom stereocenters. The van der Waals surface area contributed by atoms with Crippen LogP contribution in [0.15, 0.2) is 18.2 Å². The number of carbonyl (C=O) groups excluding carboxylic acids is 1. The predicted octanol–water partition coefficient (Wildman–Crippen LogP) is 2.92. The fourth-order valence-corrected chi connectivity index (χ4v) is 3.34. The molecule has 134 valence electrons. The third-order valence-electron chi connectivity index (χ3n) is 4.65. The first-order valence-corrected chi connectivity index (χ1v) is 8.62. The van der Waals surface area contributed by atoms with Gasteiger partial charge in [0.05, 0.1) is 13.2 Å². The molecule has 0 spiro atoms. The van der Waals surface area contributed by atoms with Gasteiger partial charge in [0, 0.05) is 18.2 Å². The lowest BCUT2D eigenvalue weighted by molar-refractivity contribution is 0.0930. The lowest BCUT2D eigenvalue weighted by Crippen LogP contribution is -2.45. The minimum atomic E-state index is -0.0515. The predicted molar refractivity (Wildman–Crippen MR) is 96.5 cm³/mol. The molecule has 1 aromatic carbocycles. The molecule has 0 bridgehead atoms. The van der Waals surface area contributed by atoms with Crippen LogP contribution in [-0.2, 0) is 0 Å². The van der Waals surface area contributed by atoms with Crippen molar-refractivity contribution < 1.29 is 14.3 Å². The van der Waals surface area contributed by atoms with Crippen LogP contribution in [0.25, 0.3) is 0 Å². The lowest BCUT2D eigenvalue weighted by Gasteiger charge is -2.24. The summed E-state index contributed by atoms with van der Waals surface area (Å²) < 4.78 is 11.4. The van der Waals surface area contributed by atoms with E-state index in [1.54, 1.807) is 13.2 Å². The van der Waals surface area contributed by atoms with Crippen LogP contribution < -0.4 is 20.1 Å². The first-order valence-electron chi connectivity index (χ1n) is 8.62. The summed E-state index contributed by atoms with van der Waals surface area (Å²) in [6.07, 6.45) is 7.05. The highest BCUT2D eigenvalue weighted by Crippen LogP contribution is 2.32. The quantitative estimate of drug-likeness (QED) is 0.853. The molecule has 1 aromatic rings. The number of methoxy groups -OCH3 is 1. The van der Waals surface area contributed by atoms with Gasteiger partial charge in [-0.1, -0.05) is 0 Å². The van der Waals surface area contributed by atoms with E-state index in [2.05, 4.69) is 10.6 Å². The molecule has 1 saturated heterocycles. The van der Waals surface area contributed by atoms with E-state index in [-0.39, 0.29) is 30.5 Å². The topological polar surface area (TPSA) is 59.6 Å². The molecule has 1 aliphatic carbocycles. The average molecular weight is 355 g/mol. The second-order valence-electron chi connectivity index (χ2n) is 6.41. The molecular weight excluding hydrogens is 328 g/mol. The van der Waals surface area contributed by atoms with Crippen molar-refractivity contribution in [2.45, 2.75) is 50.7 Å². The summed E-state index contributed by atoms with van der Waals surface area (Å²) in [5, 5.41) is 6.39. The zero-order valence-electron chi connectivity index (χ0n) is 14.2. The second-order valence-corrected chi connectivity index (χ2v) is 6.41. The number of nitrogens with one attached hydrogen (secondary N) is 2. The number of carbonyl (C=O) groups is 1. The highest BCUT2D eigenvalue weighted by molar-refractivity contribution is 5.95. The second kappa shape index (κ2) is 9.14. The van der Waals surface area contributed by atoms with E-state index in [1.165, 1.54) is 12.8 Å². The Morgan fingerprint density at radius 3 is 2.62 bits per heavy atom. The van der Waals surface area contributed by atoms with E-state index in [4.69, 9.17) is 9.47 Å². The van der Waals surface area contributed by atoms with Gasteiger partial charge in [-0.25, -0.2) is 0 Å². The molecule has 2 aliphatic rings. The Morgan fingerprint density at radius 2 is 1.96 bits per heavy atom. The standard InChI is InChI=1S/C18H26N2O3.ClH/c1-22-17-11-13(18(21)20-14-5-4-10-19-12-14)8-9-16(17)23-15-6-2-3-7-15;/h8-9,11,14-15,19H,2-7,10,12H2,1H3,(H,20,21);1H. The maximum Gasteiger partial charge on any atom is 0.251 e. The van der Waals surface area contributed by atoms with Crippen LogP contribution in [0.3, 0.4) is 0 Å². The third-order valence-corrected chi connectivity index (χ3v) is 4.65. The van der Waals surface area contributed by atoms with E-state index < -0.39 is 0 Å². The summed E-state index contributed by atoms with van der Waals surface area (Å²) in [4.78, 5) is 12.4. The summed E-state index contributed by atoms with van der Waals surface area (Å²) in [5.41, 5.74) is 0.617. The van der Waals surface area contributed by atoms with E-state index >= 15 is 0 Å². The van der Waals surface area contributed by atoms with Gasteiger partial charge >= 0.3 is 0 Å². The van der Waals surface area contributed by atoms with Crippen LogP contribution in [-0.4, -0.2) is 38.3 Å². The van der Waals surface area contributed by atoms with Gasteiger partial charge in [-0.2, -0.15) is 0 Å².